The van der Waals surface area contributed by atoms with Gasteiger partial charge in [-0.15, -0.1) is 0 Å². The standard InChI is InChI=1S/C14H24N4OS/c1-4-10(8-9-6-7-9)16-13(19)11-12(15)17-14(20-11)18(3)5-2/h9-10H,4-8,15H2,1-3H3,(H,16,19). The van der Waals surface area contributed by atoms with Gasteiger partial charge in [-0.1, -0.05) is 31.1 Å². The number of anilines is 2. The maximum absolute atomic E-state index is 12.3. The number of aromatic nitrogens is 1. The zero-order chi connectivity index (χ0) is 14.7. The second-order valence-corrected chi connectivity index (χ2v) is 6.46. The molecule has 1 unspecified atom stereocenters. The van der Waals surface area contributed by atoms with Gasteiger partial charge >= 0.3 is 0 Å². The second-order valence-electron chi connectivity index (χ2n) is 5.48. The molecule has 1 amide bonds. The first-order valence-electron chi connectivity index (χ1n) is 7.33. The summed E-state index contributed by atoms with van der Waals surface area (Å²) in [7, 11) is 1.95. The van der Waals surface area contributed by atoms with Gasteiger partial charge in [-0.3, -0.25) is 4.79 Å². The Bertz CT molecular complexity index is 470. The van der Waals surface area contributed by atoms with Crippen LogP contribution in [0.5, 0.6) is 0 Å². The number of hydrogen-bond donors (Lipinski definition) is 2. The Morgan fingerprint density at radius 1 is 1.55 bits per heavy atom. The Labute approximate surface area is 124 Å². The lowest BCUT2D eigenvalue weighted by molar-refractivity contribution is 0.0937. The third kappa shape index (κ3) is 3.62. The molecule has 5 nitrogen and oxygen atoms in total. The van der Waals surface area contributed by atoms with Crippen LogP contribution in [0.15, 0.2) is 0 Å². The first-order valence-corrected chi connectivity index (χ1v) is 8.15. The lowest BCUT2D eigenvalue weighted by Crippen LogP contribution is -2.34. The Kier molecular flexibility index (Phi) is 4.86. The first kappa shape index (κ1) is 15.1. The van der Waals surface area contributed by atoms with Gasteiger partial charge in [0, 0.05) is 19.6 Å². The number of nitrogens with one attached hydrogen (secondary N) is 1. The second kappa shape index (κ2) is 6.43. The Morgan fingerprint density at radius 3 is 2.80 bits per heavy atom. The fourth-order valence-electron chi connectivity index (χ4n) is 2.12. The van der Waals surface area contributed by atoms with Gasteiger partial charge in [0.25, 0.3) is 5.91 Å². The van der Waals surface area contributed by atoms with Crippen molar-refractivity contribution in [2.75, 3.05) is 24.2 Å². The van der Waals surface area contributed by atoms with Gasteiger partial charge in [0.15, 0.2) is 5.13 Å². The van der Waals surface area contributed by atoms with Gasteiger partial charge in [-0.25, -0.2) is 4.98 Å². The number of thiazole rings is 1. The van der Waals surface area contributed by atoms with E-state index in [-0.39, 0.29) is 11.9 Å². The number of carbonyl (C=O) groups excluding carboxylic acids is 1. The molecule has 0 aromatic carbocycles. The van der Waals surface area contributed by atoms with E-state index in [4.69, 9.17) is 5.73 Å². The van der Waals surface area contributed by atoms with Crippen LogP contribution in [0.1, 0.15) is 49.2 Å². The third-order valence-corrected chi connectivity index (χ3v) is 4.98. The van der Waals surface area contributed by atoms with E-state index in [9.17, 15) is 4.79 Å². The van der Waals surface area contributed by atoms with Crippen molar-refractivity contribution >= 4 is 28.2 Å². The minimum absolute atomic E-state index is 0.0803. The van der Waals surface area contributed by atoms with E-state index in [1.54, 1.807) is 0 Å². The van der Waals surface area contributed by atoms with E-state index in [0.29, 0.717) is 10.7 Å². The number of hydrogen-bond acceptors (Lipinski definition) is 5. The zero-order valence-corrected chi connectivity index (χ0v) is 13.3. The molecule has 1 aromatic heterocycles. The molecular weight excluding hydrogens is 272 g/mol. The van der Waals surface area contributed by atoms with Crippen LogP contribution in [-0.4, -0.2) is 30.5 Å². The number of amides is 1. The lowest BCUT2D eigenvalue weighted by Gasteiger charge is -2.16. The van der Waals surface area contributed by atoms with E-state index in [1.165, 1.54) is 24.2 Å². The zero-order valence-electron chi connectivity index (χ0n) is 12.5. The summed E-state index contributed by atoms with van der Waals surface area (Å²) in [4.78, 5) is 19.1. The molecule has 1 aliphatic rings. The largest absolute Gasteiger partial charge is 0.382 e. The highest BCUT2D eigenvalue weighted by Gasteiger charge is 2.26. The van der Waals surface area contributed by atoms with E-state index in [0.717, 1.165) is 30.4 Å². The van der Waals surface area contributed by atoms with E-state index in [2.05, 4.69) is 17.2 Å². The van der Waals surface area contributed by atoms with E-state index >= 15 is 0 Å². The first-order chi connectivity index (χ1) is 9.55. The normalized spacial score (nSPS) is 15.9. The van der Waals surface area contributed by atoms with Gasteiger partial charge in [-0.05, 0) is 25.7 Å². The maximum Gasteiger partial charge on any atom is 0.265 e. The Hall–Kier alpha value is -1.30. The average molecular weight is 296 g/mol. The lowest BCUT2D eigenvalue weighted by atomic mass is 10.1. The van der Waals surface area contributed by atoms with Gasteiger partial charge in [0.2, 0.25) is 0 Å². The molecule has 1 saturated carbocycles. The van der Waals surface area contributed by atoms with Crippen LogP contribution in [0.2, 0.25) is 0 Å². The van der Waals surface area contributed by atoms with Crippen molar-refractivity contribution < 1.29 is 4.79 Å². The summed E-state index contributed by atoms with van der Waals surface area (Å²) in [6, 6.07) is 0.254. The molecule has 0 aliphatic heterocycles. The fourth-order valence-corrected chi connectivity index (χ4v) is 3.03. The van der Waals surface area contributed by atoms with Crippen LogP contribution in [-0.2, 0) is 0 Å². The van der Waals surface area contributed by atoms with E-state index < -0.39 is 0 Å². The molecule has 1 aliphatic carbocycles. The molecule has 20 heavy (non-hydrogen) atoms. The number of nitrogens with two attached hydrogens (primary N) is 1. The van der Waals surface area contributed by atoms with Crippen LogP contribution in [0, 0.1) is 5.92 Å². The maximum atomic E-state index is 12.3. The summed E-state index contributed by atoms with van der Waals surface area (Å²) in [5.41, 5.74) is 5.88. The SMILES string of the molecule is CCC(CC1CC1)NC(=O)c1sc(N(C)CC)nc1N. The van der Waals surface area contributed by atoms with Crippen molar-refractivity contribution in [3.8, 4) is 0 Å². The smallest absolute Gasteiger partial charge is 0.265 e. The molecule has 0 spiro atoms. The van der Waals surface area contributed by atoms with Gasteiger partial charge in [-0.2, -0.15) is 0 Å². The summed E-state index contributed by atoms with van der Waals surface area (Å²) in [6.07, 6.45) is 4.66. The number of carbonyl (C=O) groups is 1. The monoisotopic (exact) mass is 296 g/mol. The molecule has 1 fully saturated rings. The molecule has 0 saturated heterocycles. The fraction of sp³-hybridized carbons (Fsp3) is 0.714. The minimum atomic E-state index is -0.0803. The summed E-state index contributed by atoms with van der Waals surface area (Å²) in [6.45, 7) is 4.99. The van der Waals surface area contributed by atoms with Gasteiger partial charge < -0.3 is 16.0 Å². The highest BCUT2D eigenvalue weighted by atomic mass is 32.1. The van der Waals surface area contributed by atoms with Crippen molar-refractivity contribution in [3.63, 3.8) is 0 Å². The van der Waals surface area contributed by atoms with Crippen LogP contribution >= 0.6 is 11.3 Å². The molecule has 1 atom stereocenters. The summed E-state index contributed by atoms with van der Waals surface area (Å²) < 4.78 is 0. The average Bonchev–Trinajstić information content (AvgIpc) is 3.17. The molecular formula is C14H24N4OS. The van der Waals surface area contributed by atoms with Crippen molar-refractivity contribution in [1.82, 2.24) is 10.3 Å². The summed E-state index contributed by atoms with van der Waals surface area (Å²) >= 11 is 1.37. The predicted octanol–water partition coefficient (Wildman–Crippen LogP) is 2.49. The number of nitrogen functional groups attached to an aromatic ring is 1. The van der Waals surface area contributed by atoms with Gasteiger partial charge in [0.05, 0.1) is 0 Å². The van der Waals surface area contributed by atoms with E-state index in [1.807, 2.05) is 18.9 Å². The molecule has 1 aromatic rings. The number of rotatable bonds is 7. The highest BCUT2D eigenvalue weighted by Crippen LogP contribution is 2.34. The molecule has 3 N–H and O–H groups in total. The van der Waals surface area contributed by atoms with Crippen LogP contribution in [0.3, 0.4) is 0 Å². The number of nitrogens with zero attached hydrogens (tertiary/aromatic N) is 2. The predicted molar refractivity (Wildman–Crippen MR) is 84.4 cm³/mol. The summed E-state index contributed by atoms with van der Waals surface area (Å²) in [5.74, 6) is 1.06. The van der Waals surface area contributed by atoms with Crippen molar-refractivity contribution in [1.29, 1.82) is 0 Å². The molecule has 112 valence electrons. The Balaban J connectivity index is 2.01. The van der Waals surface area contributed by atoms with Crippen molar-refractivity contribution in [2.24, 2.45) is 5.92 Å². The Morgan fingerprint density at radius 2 is 2.25 bits per heavy atom. The third-order valence-electron chi connectivity index (χ3n) is 3.79. The van der Waals surface area contributed by atoms with Crippen molar-refractivity contribution in [3.05, 3.63) is 4.88 Å². The molecule has 0 radical (unpaired) electrons. The van der Waals surface area contributed by atoms with Crippen LogP contribution < -0.4 is 16.0 Å². The molecule has 0 bridgehead atoms. The van der Waals surface area contributed by atoms with Gasteiger partial charge in [0.1, 0.15) is 10.7 Å². The molecule has 2 rings (SSSR count). The quantitative estimate of drug-likeness (QED) is 0.811. The minimum Gasteiger partial charge on any atom is -0.382 e. The molecule has 1 heterocycles. The van der Waals surface area contributed by atoms with Crippen molar-refractivity contribution in [2.45, 2.75) is 45.6 Å². The summed E-state index contributed by atoms with van der Waals surface area (Å²) in [5, 5.41) is 3.90. The van der Waals surface area contributed by atoms with Crippen LogP contribution in [0.4, 0.5) is 10.9 Å². The van der Waals surface area contributed by atoms with Crippen LogP contribution in [0.25, 0.3) is 0 Å². The topological polar surface area (TPSA) is 71.2 Å². The molecule has 6 heteroatoms. The highest BCUT2D eigenvalue weighted by molar-refractivity contribution is 7.18.